The molecule has 1 aliphatic carbocycles. The molecule has 1 fully saturated rings. The highest BCUT2D eigenvalue weighted by Crippen LogP contribution is 2.31. The Bertz CT molecular complexity index is 1030. The zero-order chi connectivity index (χ0) is 25.5. The Morgan fingerprint density at radius 2 is 1.86 bits per heavy atom. The Kier molecular flexibility index (Phi) is 8.67. The van der Waals surface area contributed by atoms with E-state index in [1.54, 1.807) is 16.7 Å². The van der Waals surface area contributed by atoms with Gasteiger partial charge in [-0.3, -0.25) is 14.3 Å². The second-order valence-corrected chi connectivity index (χ2v) is 10.2. The van der Waals surface area contributed by atoms with Crippen molar-refractivity contribution in [3.05, 3.63) is 36.0 Å². The van der Waals surface area contributed by atoms with Gasteiger partial charge in [-0.15, -0.1) is 0 Å². The van der Waals surface area contributed by atoms with Crippen LogP contribution in [0, 0.1) is 0 Å². The normalized spacial score (nSPS) is 20.6. The molecule has 2 aromatic rings. The van der Waals surface area contributed by atoms with Crippen molar-refractivity contribution in [2.75, 3.05) is 26.9 Å². The summed E-state index contributed by atoms with van der Waals surface area (Å²) in [6.45, 7) is 5.68. The van der Waals surface area contributed by atoms with Gasteiger partial charge < -0.3 is 19.7 Å². The average Bonchev–Trinajstić information content (AvgIpc) is 3.13. The minimum atomic E-state index is -1.05. The molecule has 1 aromatic carbocycles. The number of amides is 2. The fourth-order valence-electron chi connectivity index (χ4n) is 5.14. The lowest BCUT2D eigenvalue weighted by molar-refractivity contribution is -0.134. The quantitative estimate of drug-likeness (QED) is 0.389. The van der Waals surface area contributed by atoms with Crippen LogP contribution >= 0.6 is 0 Å². The Labute approximate surface area is 214 Å². The number of aromatic nitrogens is 2. The van der Waals surface area contributed by atoms with Crippen molar-refractivity contribution in [1.82, 2.24) is 20.0 Å². The standard InChI is InChI=1S/C28H40N4O4/c1-4-5-17-36-23-14-12-21(13-15-23)24-19-25-26(33)31(16-18-35-3)28(2,20-32(25)30-24)27(34)29-22-10-8-6-7-9-11-22/h12-15,19,22H,4-11,16-18,20H2,1-3H3,(H,29,34)/t28-/m0/s1. The maximum atomic E-state index is 13.7. The van der Waals surface area contributed by atoms with Gasteiger partial charge in [0.15, 0.2) is 0 Å². The average molecular weight is 497 g/mol. The number of nitrogens with one attached hydrogen (secondary N) is 1. The number of carbonyl (C=O) groups excluding carboxylic acids is 2. The number of rotatable bonds is 10. The second kappa shape index (κ2) is 11.9. The number of unbranched alkanes of at least 4 members (excludes halogenated alkanes) is 1. The van der Waals surface area contributed by atoms with E-state index in [4.69, 9.17) is 14.6 Å². The molecule has 0 saturated heterocycles. The number of methoxy groups -OCH3 is 1. The van der Waals surface area contributed by atoms with Crippen LogP contribution in [0.4, 0.5) is 0 Å². The number of benzene rings is 1. The van der Waals surface area contributed by atoms with Crippen LogP contribution in [0.1, 0.15) is 75.7 Å². The SMILES string of the molecule is CCCCOc1ccc(-c2cc3n(n2)C[C@@](C)(C(=O)NC2CCCCCC2)N(CCOC)C3=O)cc1. The highest BCUT2D eigenvalue weighted by molar-refractivity contribution is 6.00. The van der Waals surface area contributed by atoms with E-state index in [1.807, 2.05) is 37.3 Å². The van der Waals surface area contributed by atoms with Gasteiger partial charge in [-0.1, -0.05) is 39.0 Å². The summed E-state index contributed by atoms with van der Waals surface area (Å²) in [5.74, 6) is 0.506. The van der Waals surface area contributed by atoms with Crippen molar-refractivity contribution >= 4 is 11.8 Å². The number of hydrogen-bond donors (Lipinski definition) is 1. The number of nitrogens with zero attached hydrogens (tertiary/aromatic N) is 3. The lowest BCUT2D eigenvalue weighted by Crippen LogP contribution is -2.65. The molecular formula is C28H40N4O4. The largest absolute Gasteiger partial charge is 0.494 e. The Morgan fingerprint density at radius 1 is 1.14 bits per heavy atom. The lowest BCUT2D eigenvalue weighted by Gasteiger charge is -2.43. The summed E-state index contributed by atoms with van der Waals surface area (Å²) in [5.41, 5.74) is 1.05. The van der Waals surface area contributed by atoms with Crippen LogP contribution in [0.3, 0.4) is 0 Å². The van der Waals surface area contributed by atoms with E-state index in [0.29, 0.717) is 37.7 Å². The third-order valence-electron chi connectivity index (χ3n) is 7.41. The van der Waals surface area contributed by atoms with E-state index in [2.05, 4.69) is 12.2 Å². The third-order valence-corrected chi connectivity index (χ3v) is 7.41. The van der Waals surface area contributed by atoms with E-state index in [0.717, 1.165) is 49.8 Å². The van der Waals surface area contributed by atoms with Gasteiger partial charge in [0, 0.05) is 25.3 Å². The number of fused-ring (bicyclic) bond motifs is 1. The van der Waals surface area contributed by atoms with Crippen molar-refractivity contribution in [1.29, 1.82) is 0 Å². The molecule has 1 saturated carbocycles. The monoisotopic (exact) mass is 496 g/mol. The van der Waals surface area contributed by atoms with Gasteiger partial charge in [0.1, 0.15) is 17.0 Å². The minimum absolute atomic E-state index is 0.116. The zero-order valence-electron chi connectivity index (χ0n) is 21.9. The minimum Gasteiger partial charge on any atom is -0.494 e. The summed E-state index contributed by atoms with van der Waals surface area (Å²) >= 11 is 0. The highest BCUT2D eigenvalue weighted by atomic mass is 16.5. The Morgan fingerprint density at radius 3 is 2.53 bits per heavy atom. The van der Waals surface area contributed by atoms with Crippen LogP contribution in [0.2, 0.25) is 0 Å². The van der Waals surface area contributed by atoms with E-state index in [1.165, 1.54) is 12.8 Å². The number of ether oxygens (including phenoxy) is 2. The molecule has 196 valence electrons. The van der Waals surface area contributed by atoms with E-state index in [-0.39, 0.29) is 17.9 Å². The summed E-state index contributed by atoms with van der Waals surface area (Å²) in [4.78, 5) is 29.0. The van der Waals surface area contributed by atoms with Gasteiger partial charge in [-0.2, -0.15) is 5.10 Å². The van der Waals surface area contributed by atoms with Crippen LogP contribution in [-0.4, -0.2) is 64.9 Å². The molecule has 0 radical (unpaired) electrons. The van der Waals surface area contributed by atoms with E-state index < -0.39 is 5.54 Å². The molecule has 1 aromatic heterocycles. The fraction of sp³-hybridized carbons (Fsp3) is 0.607. The molecule has 2 aliphatic rings. The first-order valence-corrected chi connectivity index (χ1v) is 13.4. The Hall–Kier alpha value is -2.87. The Balaban J connectivity index is 1.56. The zero-order valence-corrected chi connectivity index (χ0v) is 21.9. The lowest BCUT2D eigenvalue weighted by atomic mass is 9.94. The maximum Gasteiger partial charge on any atom is 0.273 e. The predicted octanol–water partition coefficient (Wildman–Crippen LogP) is 4.43. The van der Waals surface area contributed by atoms with E-state index in [9.17, 15) is 9.59 Å². The maximum absolute atomic E-state index is 13.7. The first-order chi connectivity index (χ1) is 17.5. The summed E-state index contributed by atoms with van der Waals surface area (Å²) < 4.78 is 12.7. The molecule has 1 aliphatic heterocycles. The van der Waals surface area contributed by atoms with Gasteiger partial charge in [0.2, 0.25) is 5.91 Å². The summed E-state index contributed by atoms with van der Waals surface area (Å²) in [7, 11) is 1.61. The molecule has 8 nitrogen and oxygen atoms in total. The topological polar surface area (TPSA) is 85.7 Å². The van der Waals surface area contributed by atoms with Gasteiger partial charge >= 0.3 is 0 Å². The second-order valence-electron chi connectivity index (χ2n) is 10.2. The van der Waals surface area contributed by atoms with Gasteiger partial charge in [-0.25, -0.2) is 0 Å². The van der Waals surface area contributed by atoms with Crippen molar-refractivity contribution in [3.8, 4) is 17.0 Å². The van der Waals surface area contributed by atoms with Crippen molar-refractivity contribution in [3.63, 3.8) is 0 Å². The van der Waals surface area contributed by atoms with Crippen molar-refractivity contribution < 1.29 is 19.1 Å². The molecule has 2 amide bonds. The molecule has 36 heavy (non-hydrogen) atoms. The van der Waals surface area contributed by atoms with Crippen LogP contribution in [0.5, 0.6) is 5.75 Å². The van der Waals surface area contributed by atoms with Gasteiger partial charge in [-0.05, 0) is 56.5 Å². The fourth-order valence-corrected chi connectivity index (χ4v) is 5.14. The third kappa shape index (κ3) is 5.75. The molecule has 1 N–H and O–H groups in total. The number of hydrogen-bond acceptors (Lipinski definition) is 5. The molecule has 0 spiro atoms. The summed E-state index contributed by atoms with van der Waals surface area (Å²) in [5, 5.41) is 8.01. The molecule has 0 bridgehead atoms. The molecule has 8 heteroatoms. The summed E-state index contributed by atoms with van der Waals surface area (Å²) in [6.07, 6.45) is 8.77. The van der Waals surface area contributed by atoms with E-state index >= 15 is 0 Å². The van der Waals surface area contributed by atoms with Gasteiger partial charge in [0.25, 0.3) is 5.91 Å². The molecule has 1 atom stereocenters. The molecule has 4 rings (SSSR count). The smallest absolute Gasteiger partial charge is 0.273 e. The molecule has 0 unspecified atom stereocenters. The first kappa shape index (κ1) is 26.2. The summed E-state index contributed by atoms with van der Waals surface area (Å²) in [6, 6.07) is 9.75. The van der Waals surface area contributed by atoms with Crippen LogP contribution in [-0.2, 0) is 16.1 Å². The van der Waals surface area contributed by atoms with Crippen LogP contribution in [0.15, 0.2) is 30.3 Å². The number of carbonyl (C=O) groups is 2. The van der Waals surface area contributed by atoms with Crippen LogP contribution in [0.25, 0.3) is 11.3 Å². The highest BCUT2D eigenvalue weighted by Gasteiger charge is 2.48. The van der Waals surface area contributed by atoms with Gasteiger partial charge in [0.05, 0.1) is 25.5 Å². The van der Waals surface area contributed by atoms with Crippen LogP contribution < -0.4 is 10.1 Å². The predicted molar refractivity (Wildman–Crippen MR) is 139 cm³/mol. The molecular weight excluding hydrogens is 456 g/mol. The molecule has 2 heterocycles. The first-order valence-electron chi connectivity index (χ1n) is 13.4. The van der Waals surface area contributed by atoms with Crippen molar-refractivity contribution in [2.24, 2.45) is 0 Å². The van der Waals surface area contributed by atoms with Crippen molar-refractivity contribution in [2.45, 2.75) is 83.3 Å².